The quantitative estimate of drug-likeness (QED) is 0.699. The molecule has 1 aromatic rings. The Bertz CT molecular complexity index is 299. The van der Waals surface area contributed by atoms with Crippen LogP contribution in [0.2, 0.25) is 5.02 Å². The zero-order valence-corrected chi connectivity index (χ0v) is 8.83. The maximum atomic E-state index is 5.80. The Morgan fingerprint density at radius 3 is 2.93 bits per heavy atom. The van der Waals surface area contributed by atoms with Crippen molar-refractivity contribution >= 4 is 11.6 Å². The van der Waals surface area contributed by atoms with Gasteiger partial charge in [0.15, 0.2) is 0 Å². The fourth-order valence-corrected chi connectivity index (χ4v) is 1.15. The van der Waals surface area contributed by atoms with Crippen LogP contribution in [0.1, 0.15) is 0 Å². The van der Waals surface area contributed by atoms with Crippen LogP contribution in [0.25, 0.3) is 0 Å². The number of hydrogen-bond donors (Lipinski definition) is 0. The lowest BCUT2D eigenvalue weighted by atomic mass is 10.3. The molecule has 1 unspecified atom stereocenters. The molecule has 0 saturated carbocycles. The molecular weight excluding hydrogens is 200 g/mol. The van der Waals surface area contributed by atoms with Gasteiger partial charge in [-0.3, -0.25) is 0 Å². The topological polar surface area (TPSA) is 18.5 Å². The molecule has 76 valence electrons. The highest BCUT2D eigenvalue weighted by atomic mass is 35.5. The van der Waals surface area contributed by atoms with Crippen molar-refractivity contribution in [2.45, 2.75) is 6.10 Å². The minimum Gasteiger partial charge on any atom is -0.490 e. The SMILES string of the molecule is C=CC(COc1cccc(Cl)c1)OC. The summed E-state index contributed by atoms with van der Waals surface area (Å²) in [7, 11) is 1.62. The van der Waals surface area contributed by atoms with Crippen molar-refractivity contribution in [2.75, 3.05) is 13.7 Å². The molecule has 0 aliphatic rings. The van der Waals surface area contributed by atoms with Gasteiger partial charge in [-0.15, -0.1) is 6.58 Å². The normalized spacial score (nSPS) is 12.1. The fourth-order valence-electron chi connectivity index (χ4n) is 0.967. The molecule has 2 nitrogen and oxygen atoms in total. The third-order valence-electron chi connectivity index (χ3n) is 1.78. The lowest BCUT2D eigenvalue weighted by molar-refractivity contribution is 0.0919. The lowest BCUT2D eigenvalue weighted by Gasteiger charge is -2.12. The van der Waals surface area contributed by atoms with Crippen molar-refractivity contribution in [1.82, 2.24) is 0 Å². The second-order valence-electron chi connectivity index (χ2n) is 2.78. The van der Waals surface area contributed by atoms with E-state index >= 15 is 0 Å². The van der Waals surface area contributed by atoms with E-state index in [1.165, 1.54) is 0 Å². The van der Waals surface area contributed by atoms with E-state index in [1.54, 1.807) is 25.3 Å². The van der Waals surface area contributed by atoms with Gasteiger partial charge in [-0.25, -0.2) is 0 Å². The first-order valence-corrected chi connectivity index (χ1v) is 4.67. The van der Waals surface area contributed by atoms with Crippen LogP contribution >= 0.6 is 11.6 Å². The Kier molecular flexibility index (Phi) is 4.50. The maximum Gasteiger partial charge on any atom is 0.120 e. The van der Waals surface area contributed by atoms with Crippen LogP contribution in [0, 0.1) is 0 Å². The van der Waals surface area contributed by atoms with Gasteiger partial charge in [-0.05, 0) is 18.2 Å². The van der Waals surface area contributed by atoms with Gasteiger partial charge in [-0.2, -0.15) is 0 Å². The average molecular weight is 213 g/mol. The number of halogens is 1. The first-order chi connectivity index (χ1) is 6.76. The minimum absolute atomic E-state index is 0.0889. The van der Waals surface area contributed by atoms with Crippen molar-refractivity contribution in [3.8, 4) is 5.75 Å². The molecule has 1 atom stereocenters. The summed E-state index contributed by atoms with van der Waals surface area (Å²) < 4.78 is 10.5. The average Bonchev–Trinajstić information content (AvgIpc) is 2.19. The van der Waals surface area contributed by atoms with Crippen molar-refractivity contribution in [3.05, 3.63) is 41.9 Å². The highest BCUT2D eigenvalue weighted by Crippen LogP contribution is 2.17. The molecule has 1 rings (SSSR count). The summed E-state index contributed by atoms with van der Waals surface area (Å²) in [5.41, 5.74) is 0. The van der Waals surface area contributed by atoms with Crippen LogP contribution in [0.3, 0.4) is 0 Å². The summed E-state index contributed by atoms with van der Waals surface area (Å²) >= 11 is 5.80. The van der Waals surface area contributed by atoms with Crippen LogP contribution in [-0.4, -0.2) is 19.8 Å². The first kappa shape index (κ1) is 11.1. The second-order valence-corrected chi connectivity index (χ2v) is 3.21. The number of rotatable bonds is 5. The molecule has 0 aliphatic heterocycles. The fraction of sp³-hybridized carbons (Fsp3) is 0.273. The Labute approximate surface area is 89.1 Å². The Morgan fingerprint density at radius 2 is 2.36 bits per heavy atom. The molecule has 0 amide bonds. The summed E-state index contributed by atoms with van der Waals surface area (Å²) in [6, 6.07) is 7.25. The molecule has 0 aliphatic carbocycles. The van der Waals surface area contributed by atoms with Crippen molar-refractivity contribution < 1.29 is 9.47 Å². The van der Waals surface area contributed by atoms with Crippen LogP contribution < -0.4 is 4.74 Å². The lowest BCUT2D eigenvalue weighted by Crippen LogP contribution is -2.17. The Morgan fingerprint density at radius 1 is 1.57 bits per heavy atom. The molecule has 0 saturated heterocycles. The maximum absolute atomic E-state index is 5.80. The van der Waals surface area contributed by atoms with Gasteiger partial charge < -0.3 is 9.47 Å². The third-order valence-corrected chi connectivity index (χ3v) is 2.01. The Balaban J connectivity index is 2.48. The standard InChI is InChI=1S/C11H13ClO2/c1-3-10(13-2)8-14-11-6-4-5-9(12)7-11/h3-7,10H,1,8H2,2H3. The molecule has 1 aromatic carbocycles. The molecule has 3 heteroatoms. The zero-order chi connectivity index (χ0) is 10.4. The summed E-state index contributed by atoms with van der Waals surface area (Å²) in [5.74, 6) is 0.737. The largest absolute Gasteiger partial charge is 0.490 e. The number of benzene rings is 1. The van der Waals surface area contributed by atoms with Crippen molar-refractivity contribution in [2.24, 2.45) is 0 Å². The van der Waals surface area contributed by atoms with Crippen LogP contribution in [0.15, 0.2) is 36.9 Å². The molecule has 0 bridgehead atoms. The molecular formula is C11H13ClO2. The van der Waals surface area contributed by atoms with E-state index in [-0.39, 0.29) is 6.10 Å². The van der Waals surface area contributed by atoms with Crippen molar-refractivity contribution in [3.63, 3.8) is 0 Å². The summed E-state index contributed by atoms with van der Waals surface area (Å²) in [6.45, 7) is 4.08. The third kappa shape index (κ3) is 3.40. The van der Waals surface area contributed by atoms with Crippen LogP contribution in [0.5, 0.6) is 5.75 Å². The van der Waals surface area contributed by atoms with Gasteiger partial charge in [0.25, 0.3) is 0 Å². The van der Waals surface area contributed by atoms with E-state index in [0.29, 0.717) is 11.6 Å². The smallest absolute Gasteiger partial charge is 0.120 e. The van der Waals surface area contributed by atoms with Crippen LogP contribution in [-0.2, 0) is 4.74 Å². The monoisotopic (exact) mass is 212 g/mol. The number of ether oxygens (including phenoxy) is 2. The zero-order valence-electron chi connectivity index (χ0n) is 8.07. The van der Waals surface area contributed by atoms with Gasteiger partial charge in [0.05, 0.1) is 0 Å². The summed E-state index contributed by atoms with van der Waals surface area (Å²) in [5, 5.41) is 0.662. The van der Waals surface area contributed by atoms with Gasteiger partial charge in [-0.1, -0.05) is 23.7 Å². The van der Waals surface area contributed by atoms with Gasteiger partial charge in [0, 0.05) is 12.1 Å². The summed E-state index contributed by atoms with van der Waals surface area (Å²) in [4.78, 5) is 0. The van der Waals surface area contributed by atoms with E-state index in [1.807, 2.05) is 12.1 Å². The minimum atomic E-state index is -0.0889. The number of hydrogen-bond acceptors (Lipinski definition) is 2. The predicted octanol–water partition coefficient (Wildman–Crippen LogP) is 2.92. The van der Waals surface area contributed by atoms with E-state index in [9.17, 15) is 0 Å². The van der Waals surface area contributed by atoms with Crippen LogP contribution in [0.4, 0.5) is 0 Å². The highest BCUT2D eigenvalue weighted by molar-refractivity contribution is 6.30. The second kappa shape index (κ2) is 5.68. The van der Waals surface area contributed by atoms with E-state index < -0.39 is 0 Å². The molecule has 0 N–H and O–H groups in total. The van der Waals surface area contributed by atoms with Gasteiger partial charge in [0.2, 0.25) is 0 Å². The van der Waals surface area contributed by atoms with E-state index in [4.69, 9.17) is 21.1 Å². The predicted molar refractivity (Wildman–Crippen MR) is 57.9 cm³/mol. The molecule has 0 fully saturated rings. The van der Waals surface area contributed by atoms with E-state index in [0.717, 1.165) is 5.75 Å². The molecule has 0 aromatic heterocycles. The molecule has 0 radical (unpaired) electrons. The molecule has 0 heterocycles. The number of methoxy groups -OCH3 is 1. The molecule has 14 heavy (non-hydrogen) atoms. The van der Waals surface area contributed by atoms with E-state index in [2.05, 4.69) is 6.58 Å². The summed E-state index contributed by atoms with van der Waals surface area (Å²) in [6.07, 6.45) is 1.61. The Hall–Kier alpha value is -0.990. The molecule has 0 spiro atoms. The first-order valence-electron chi connectivity index (χ1n) is 4.30. The van der Waals surface area contributed by atoms with Crippen molar-refractivity contribution in [1.29, 1.82) is 0 Å². The van der Waals surface area contributed by atoms with Gasteiger partial charge >= 0.3 is 0 Å². The van der Waals surface area contributed by atoms with Gasteiger partial charge in [0.1, 0.15) is 18.5 Å². The highest BCUT2D eigenvalue weighted by Gasteiger charge is 2.02.